The van der Waals surface area contributed by atoms with Gasteiger partial charge in [0, 0.05) is 18.3 Å². The molecule has 0 bridgehead atoms. The number of hydrogen-bond acceptors (Lipinski definition) is 4. The van der Waals surface area contributed by atoms with Gasteiger partial charge < -0.3 is 21.5 Å². The molecule has 4 nitrogen and oxygen atoms in total. The minimum atomic E-state index is 0.297. The second kappa shape index (κ2) is 4.61. The van der Waals surface area contributed by atoms with Gasteiger partial charge in [0.25, 0.3) is 0 Å². The van der Waals surface area contributed by atoms with Gasteiger partial charge in [-0.05, 0) is 38.0 Å². The SMILES string of the molecule is CC(Nc1ccc(N)c(N)c1)C1CCCO1. The molecule has 5 N–H and O–H groups in total. The van der Waals surface area contributed by atoms with Crippen molar-refractivity contribution in [1.29, 1.82) is 0 Å². The van der Waals surface area contributed by atoms with Gasteiger partial charge in [-0.1, -0.05) is 0 Å². The number of nitrogens with two attached hydrogens (primary N) is 2. The van der Waals surface area contributed by atoms with Crippen LogP contribution in [0.4, 0.5) is 17.1 Å². The van der Waals surface area contributed by atoms with Crippen molar-refractivity contribution in [2.45, 2.75) is 31.9 Å². The molecule has 0 amide bonds. The summed E-state index contributed by atoms with van der Waals surface area (Å²) in [5.41, 5.74) is 13.6. The van der Waals surface area contributed by atoms with Crippen LogP contribution in [-0.2, 0) is 4.74 Å². The topological polar surface area (TPSA) is 73.3 Å². The van der Waals surface area contributed by atoms with E-state index in [0.717, 1.165) is 25.1 Å². The third-order valence-electron chi connectivity index (χ3n) is 3.00. The zero-order valence-electron chi connectivity index (χ0n) is 9.57. The number of hydrogen-bond donors (Lipinski definition) is 3. The van der Waals surface area contributed by atoms with Crippen LogP contribution in [0.3, 0.4) is 0 Å². The van der Waals surface area contributed by atoms with E-state index in [0.29, 0.717) is 23.5 Å². The monoisotopic (exact) mass is 221 g/mol. The van der Waals surface area contributed by atoms with E-state index < -0.39 is 0 Å². The Labute approximate surface area is 96.0 Å². The molecular weight excluding hydrogens is 202 g/mol. The molecule has 0 aliphatic carbocycles. The Morgan fingerprint density at radius 1 is 1.38 bits per heavy atom. The van der Waals surface area contributed by atoms with Crippen molar-refractivity contribution in [3.05, 3.63) is 18.2 Å². The Morgan fingerprint density at radius 3 is 2.81 bits per heavy atom. The van der Waals surface area contributed by atoms with E-state index in [1.165, 1.54) is 0 Å². The minimum Gasteiger partial charge on any atom is -0.397 e. The molecule has 1 aliphatic rings. The lowest BCUT2D eigenvalue weighted by Crippen LogP contribution is -2.29. The molecule has 2 rings (SSSR count). The van der Waals surface area contributed by atoms with Crippen LogP contribution in [-0.4, -0.2) is 18.8 Å². The fourth-order valence-electron chi connectivity index (χ4n) is 2.02. The summed E-state index contributed by atoms with van der Waals surface area (Å²) in [6.07, 6.45) is 2.58. The van der Waals surface area contributed by atoms with Crippen molar-refractivity contribution in [3.8, 4) is 0 Å². The highest BCUT2D eigenvalue weighted by Crippen LogP contribution is 2.23. The molecule has 4 heteroatoms. The van der Waals surface area contributed by atoms with Gasteiger partial charge in [-0.25, -0.2) is 0 Å². The second-order valence-corrected chi connectivity index (χ2v) is 4.33. The largest absolute Gasteiger partial charge is 0.397 e. The van der Waals surface area contributed by atoms with Gasteiger partial charge in [-0.3, -0.25) is 0 Å². The van der Waals surface area contributed by atoms with E-state index in [9.17, 15) is 0 Å². The van der Waals surface area contributed by atoms with Gasteiger partial charge in [0.05, 0.1) is 17.5 Å². The molecule has 1 aromatic carbocycles. The van der Waals surface area contributed by atoms with Crippen molar-refractivity contribution in [1.82, 2.24) is 0 Å². The Bertz CT molecular complexity index is 361. The van der Waals surface area contributed by atoms with Gasteiger partial charge in [-0.2, -0.15) is 0 Å². The molecule has 1 heterocycles. The van der Waals surface area contributed by atoms with Crippen LogP contribution in [0.1, 0.15) is 19.8 Å². The van der Waals surface area contributed by atoms with Crippen LogP contribution < -0.4 is 16.8 Å². The van der Waals surface area contributed by atoms with E-state index in [2.05, 4.69) is 12.2 Å². The quantitative estimate of drug-likeness (QED) is 0.681. The third-order valence-corrected chi connectivity index (χ3v) is 3.00. The second-order valence-electron chi connectivity index (χ2n) is 4.33. The van der Waals surface area contributed by atoms with Crippen LogP contribution in [0.2, 0.25) is 0 Å². The Balaban J connectivity index is 1.99. The van der Waals surface area contributed by atoms with Crippen LogP contribution in [0.15, 0.2) is 18.2 Å². The molecule has 1 aromatic rings. The molecule has 0 spiro atoms. The number of anilines is 3. The highest BCUT2D eigenvalue weighted by molar-refractivity contribution is 5.69. The fraction of sp³-hybridized carbons (Fsp3) is 0.500. The lowest BCUT2D eigenvalue weighted by Gasteiger charge is -2.21. The number of nitrogen functional groups attached to an aromatic ring is 2. The summed E-state index contributed by atoms with van der Waals surface area (Å²) in [5.74, 6) is 0. The predicted octanol–water partition coefficient (Wildman–Crippen LogP) is 1.83. The van der Waals surface area contributed by atoms with Crippen LogP contribution in [0.25, 0.3) is 0 Å². The van der Waals surface area contributed by atoms with E-state index in [1.807, 2.05) is 18.2 Å². The fourth-order valence-corrected chi connectivity index (χ4v) is 2.02. The molecule has 0 radical (unpaired) electrons. The van der Waals surface area contributed by atoms with E-state index in [1.54, 1.807) is 0 Å². The summed E-state index contributed by atoms with van der Waals surface area (Å²) in [5, 5.41) is 3.39. The van der Waals surface area contributed by atoms with Crippen molar-refractivity contribution < 1.29 is 4.74 Å². The first kappa shape index (κ1) is 11.1. The Morgan fingerprint density at radius 2 is 2.19 bits per heavy atom. The lowest BCUT2D eigenvalue weighted by atomic mass is 10.1. The minimum absolute atomic E-state index is 0.297. The highest BCUT2D eigenvalue weighted by atomic mass is 16.5. The average Bonchev–Trinajstić information content (AvgIpc) is 2.77. The summed E-state index contributed by atoms with van der Waals surface area (Å²) in [4.78, 5) is 0. The van der Waals surface area contributed by atoms with Crippen LogP contribution in [0.5, 0.6) is 0 Å². The Kier molecular flexibility index (Phi) is 3.19. The van der Waals surface area contributed by atoms with Crippen molar-refractivity contribution in [3.63, 3.8) is 0 Å². The summed E-state index contributed by atoms with van der Waals surface area (Å²) in [6.45, 7) is 3.00. The van der Waals surface area contributed by atoms with E-state index in [4.69, 9.17) is 16.2 Å². The predicted molar refractivity (Wildman–Crippen MR) is 67.3 cm³/mol. The maximum atomic E-state index is 5.75. The number of benzene rings is 1. The summed E-state index contributed by atoms with van der Waals surface area (Å²) >= 11 is 0. The summed E-state index contributed by atoms with van der Waals surface area (Å²) in [7, 11) is 0. The molecule has 2 atom stereocenters. The number of nitrogens with one attached hydrogen (secondary N) is 1. The van der Waals surface area contributed by atoms with E-state index in [-0.39, 0.29) is 0 Å². The van der Waals surface area contributed by atoms with Gasteiger partial charge in [-0.15, -0.1) is 0 Å². The van der Waals surface area contributed by atoms with Crippen LogP contribution in [0, 0.1) is 0 Å². The van der Waals surface area contributed by atoms with Crippen molar-refractivity contribution in [2.24, 2.45) is 0 Å². The van der Waals surface area contributed by atoms with Crippen molar-refractivity contribution in [2.75, 3.05) is 23.4 Å². The molecular formula is C12H19N3O. The zero-order valence-corrected chi connectivity index (χ0v) is 9.57. The molecule has 1 aliphatic heterocycles. The van der Waals surface area contributed by atoms with Gasteiger partial charge in [0.15, 0.2) is 0 Å². The zero-order chi connectivity index (χ0) is 11.5. The molecule has 1 fully saturated rings. The van der Waals surface area contributed by atoms with Gasteiger partial charge in [0.2, 0.25) is 0 Å². The molecule has 2 unspecified atom stereocenters. The maximum Gasteiger partial charge on any atom is 0.0774 e. The standard InChI is InChI=1S/C12H19N3O/c1-8(12-3-2-6-16-12)15-9-4-5-10(13)11(14)7-9/h4-5,7-8,12,15H,2-3,6,13-14H2,1H3. The molecule has 0 saturated carbocycles. The maximum absolute atomic E-state index is 5.75. The lowest BCUT2D eigenvalue weighted by molar-refractivity contribution is 0.0996. The first-order valence-corrected chi connectivity index (χ1v) is 5.70. The number of rotatable bonds is 3. The molecule has 16 heavy (non-hydrogen) atoms. The van der Waals surface area contributed by atoms with Crippen LogP contribution >= 0.6 is 0 Å². The first-order valence-electron chi connectivity index (χ1n) is 5.70. The third kappa shape index (κ3) is 2.39. The molecule has 0 aromatic heterocycles. The smallest absolute Gasteiger partial charge is 0.0774 e. The van der Waals surface area contributed by atoms with Gasteiger partial charge in [0.1, 0.15) is 0 Å². The summed E-state index contributed by atoms with van der Waals surface area (Å²) < 4.78 is 5.62. The highest BCUT2D eigenvalue weighted by Gasteiger charge is 2.22. The normalized spacial score (nSPS) is 21.9. The Hall–Kier alpha value is -1.42. The van der Waals surface area contributed by atoms with Crippen molar-refractivity contribution >= 4 is 17.1 Å². The van der Waals surface area contributed by atoms with E-state index >= 15 is 0 Å². The first-order chi connectivity index (χ1) is 7.66. The molecule has 1 saturated heterocycles. The summed E-state index contributed by atoms with van der Waals surface area (Å²) in [6, 6.07) is 5.92. The average molecular weight is 221 g/mol. The number of ether oxygens (including phenoxy) is 1. The molecule has 88 valence electrons. The van der Waals surface area contributed by atoms with Gasteiger partial charge >= 0.3 is 0 Å².